The van der Waals surface area contributed by atoms with Crippen LogP contribution in [0.15, 0.2) is 24.3 Å². The Morgan fingerprint density at radius 1 is 1.40 bits per heavy atom. The van der Waals surface area contributed by atoms with Crippen molar-refractivity contribution in [3.63, 3.8) is 0 Å². The second-order valence-corrected chi connectivity index (χ2v) is 6.58. The monoisotopic (exact) mass is 275 g/mol. The highest BCUT2D eigenvalue weighted by Gasteiger charge is 2.29. The highest BCUT2D eigenvalue weighted by molar-refractivity contribution is 5.84. The zero-order valence-electron chi connectivity index (χ0n) is 12.9. The van der Waals surface area contributed by atoms with Crippen LogP contribution in [0.5, 0.6) is 0 Å². The Kier molecular flexibility index (Phi) is 4.21. The van der Waals surface area contributed by atoms with Crippen LogP contribution in [0.3, 0.4) is 0 Å². The van der Waals surface area contributed by atoms with Crippen LogP contribution in [0, 0.1) is 5.92 Å². The molecule has 0 atom stereocenters. The molecular weight excluding hydrogens is 250 g/mol. The number of para-hydroxylation sites is 2. The lowest BCUT2D eigenvalue weighted by atomic mass is 9.99. The van der Waals surface area contributed by atoms with E-state index in [1.807, 2.05) is 12.1 Å². The Hall–Kier alpha value is -1.71. The van der Waals surface area contributed by atoms with Gasteiger partial charge in [0.05, 0.1) is 17.9 Å². The molecule has 2 rings (SSSR count). The summed E-state index contributed by atoms with van der Waals surface area (Å²) in [7, 11) is 0. The van der Waals surface area contributed by atoms with Crippen LogP contribution in [-0.2, 0) is 4.79 Å². The molecule has 110 valence electrons. The molecule has 0 saturated heterocycles. The predicted molar refractivity (Wildman–Crippen MR) is 84.2 cm³/mol. The Bertz CT molecular complexity index is 482. The lowest BCUT2D eigenvalue weighted by Crippen LogP contribution is -2.51. The number of benzene rings is 1. The minimum absolute atomic E-state index is 0.0350. The number of nitrogens with zero attached hydrogens (tertiary/aromatic N) is 1. The third-order valence-electron chi connectivity index (χ3n) is 3.35. The van der Waals surface area contributed by atoms with Gasteiger partial charge in [-0.25, -0.2) is 0 Å². The first-order chi connectivity index (χ1) is 9.37. The van der Waals surface area contributed by atoms with Crippen LogP contribution >= 0.6 is 0 Å². The third kappa shape index (κ3) is 3.65. The number of hydrogen-bond acceptors (Lipinski definition) is 3. The van der Waals surface area contributed by atoms with Crippen molar-refractivity contribution < 1.29 is 4.79 Å². The molecule has 1 amide bonds. The van der Waals surface area contributed by atoms with Crippen molar-refractivity contribution in [1.29, 1.82) is 0 Å². The van der Waals surface area contributed by atoms with E-state index in [4.69, 9.17) is 0 Å². The average Bonchev–Trinajstić information content (AvgIpc) is 2.35. The smallest absolute Gasteiger partial charge is 0.239 e. The molecule has 0 fully saturated rings. The van der Waals surface area contributed by atoms with Gasteiger partial charge in [0.1, 0.15) is 0 Å². The van der Waals surface area contributed by atoms with Crippen LogP contribution in [-0.4, -0.2) is 31.1 Å². The number of anilines is 2. The summed E-state index contributed by atoms with van der Waals surface area (Å²) in [6.45, 7) is 10.5. The minimum Gasteiger partial charge on any atom is -0.377 e. The lowest BCUT2D eigenvalue weighted by molar-refractivity contribution is -0.119. The van der Waals surface area contributed by atoms with Gasteiger partial charge in [0.25, 0.3) is 0 Å². The van der Waals surface area contributed by atoms with E-state index >= 15 is 0 Å². The van der Waals surface area contributed by atoms with Crippen LogP contribution < -0.4 is 15.5 Å². The fourth-order valence-electron chi connectivity index (χ4n) is 2.51. The molecule has 1 aliphatic heterocycles. The topological polar surface area (TPSA) is 44.4 Å². The second-order valence-electron chi connectivity index (χ2n) is 6.58. The Morgan fingerprint density at radius 3 is 2.80 bits per heavy atom. The summed E-state index contributed by atoms with van der Waals surface area (Å²) in [5.74, 6) is 0.567. The molecule has 4 heteroatoms. The number of rotatable bonds is 4. The molecule has 0 aromatic heterocycles. The molecule has 0 bridgehead atoms. The number of nitrogens with one attached hydrogen (secondary N) is 2. The van der Waals surface area contributed by atoms with Gasteiger partial charge in [-0.3, -0.25) is 4.79 Å². The Labute approximate surface area is 121 Å². The summed E-state index contributed by atoms with van der Waals surface area (Å²) >= 11 is 0. The van der Waals surface area contributed by atoms with Gasteiger partial charge < -0.3 is 15.5 Å². The first-order valence-corrected chi connectivity index (χ1v) is 7.26. The van der Waals surface area contributed by atoms with Gasteiger partial charge in [0.15, 0.2) is 0 Å². The summed E-state index contributed by atoms with van der Waals surface area (Å²) in [4.78, 5) is 14.2. The SMILES string of the molecule is CC(C)CNC(=O)CN1CC(C)(C)Nc2ccccc21. The van der Waals surface area contributed by atoms with Crippen molar-refractivity contribution in [2.24, 2.45) is 5.92 Å². The molecule has 1 aromatic rings. The van der Waals surface area contributed by atoms with Crippen molar-refractivity contribution in [3.8, 4) is 0 Å². The number of carbonyl (C=O) groups is 1. The van der Waals surface area contributed by atoms with Crippen LogP contribution in [0.4, 0.5) is 11.4 Å². The number of amides is 1. The molecule has 2 N–H and O–H groups in total. The van der Waals surface area contributed by atoms with Gasteiger partial charge in [-0.2, -0.15) is 0 Å². The van der Waals surface area contributed by atoms with Crippen LogP contribution in [0.2, 0.25) is 0 Å². The molecule has 0 saturated carbocycles. The Balaban J connectivity index is 2.09. The zero-order chi connectivity index (χ0) is 14.8. The average molecular weight is 275 g/mol. The van der Waals surface area contributed by atoms with Crippen molar-refractivity contribution in [2.45, 2.75) is 33.2 Å². The van der Waals surface area contributed by atoms with Crippen molar-refractivity contribution in [1.82, 2.24) is 5.32 Å². The first kappa shape index (κ1) is 14.7. The first-order valence-electron chi connectivity index (χ1n) is 7.26. The van der Waals surface area contributed by atoms with Gasteiger partial charge in [-0.1, -0.05) is 26.0 Å². The number of hydrogen-bond donors (Lipinski definition) is 2. The third-order valence-corrected chi connectivity index (χ3v) is 3.35. The fourth-order valence-corrected chi connectivity index (χ4v) is 2.51. The molecule has 0 spiro atoms. The summed E-state index contributed by atoms with van der Waals surface area (Å²) in [6, 6.07) is 8.16. The summed E-state index contributed by atoms with van der Waals surface area (Å²) in [5.41, 5.74) is 2.17. The minimum atomic E-state index is -0.0350. The van der Waals surface area contributed by atoms with Gasteiger partial charge in [-0.05, 0) is 31.9 Å². The number of carbonyl (C=O) groups excluding carboxylic acids is 1. The van der Waals surface area contributed by atoms with E-state index in [1.165, 1.54) is 0 Å². The maximum Gasteiger partial charge on any atom is 0.239 e. The molecule has 0 unspecified atom stereocenters. The fraction of sp³-hybridized carbons (Fsp3) is 0.562. The molecule has 4 nitrogen and oxygen atoms in total. The molecule has 0 aliphatic carbocycles. The van der Waals surface area contributed by atoms with Crippen molar-refractivity contribution in [2.75, 3.05) is 29.9 Å². The van der Waals surface area contributed by atoms with E-state index in [2.05, 4.69) is 55.4 Å². The van der Waals surface area contributed by atoms with Gasteiger partial charge in [0.2, 0.25) is 5.91 Å². The van der Waals surface area contributed by atoms with Crippen LogP contribution in [0.1, 0.15) is 27.7 Å². The highest BCUT2D eigenvalue weighted by Crippen LogP contribution is 2.33. The molecule has 20 heavy (non-hydrogen) atoms. The van der Waals surface area contributed by atoms with Gasteiger partial charge >= 0.3 is 0 Å². The van der Waals surface area contributed by atoms with E-state index in [0.29, 0.717) is 12.5 Å². The standard InChI is InChI=1S/C16H25N3O/c1-12(2)9-17-15(20)10-19-11-16(3,4)18-13-7-5-6-8-14(13)19/h5-8,12,18H,9-11H2,1-4H3,(H,17,20). The maximum absolute atomic E-state index is 12.1. The van der Waals surface area contributed by atoms with E-state index < -0.39 is 0 Å². The Morgan fingerprint density at radius 2 is 2.10 bits per heavy atom. The molecule has 0 radical (unpaired) electrons. The quantitative estimate of drug-likeness (QED) is 0.887. The normalized spacial score (nSPS) is 16.6. The van der Waals surface area contributed by atoms with Crippen molar-refractivity contribution in [3.05, 3.63) is 24.3 Å². The van der Waals surface area contributed by atoms with Crippen LogP contribution in [0.25, 0.3) is 0 Å². The molecular formula is C16H25N3O. The highest BCUT2D eigenvalue weighted by atomic mass is 16.2. The number of fused-ring (bicyclic) bond motifs is 1. The maximum atomic E-state index is 12.1. The molecule has 1 aromatic carbocycles. The summed E-state index contributed by atoms with van der Waals surface area (Å²) < 4.78 is 0. The van der Waals surface area contributed by atoms with E-state index in [9.17, 15) is 4.79 Å². The van der Waals surface area contributed by atoms with Gasteiger partial charge in [-0.15, -0.1) is 0 Å². The zero-order valence-corrected chi connectivity index (χ0v) is 12.9. The van der Waals surface area contributed by atoms with Crippen molar-refractivity contribution >= 4 is 17.3 Å². The summed E-state index contributed by atoms with van der Waals surface area (Å²) in [5, 5.41) is 6.50. The predicted octanol–water partition coefficient (Wildman–Crippen LogP) is 2.47. The molecule has 1 heterocycles. The molecule has 1 aliphatic rings. The van der Waals surface area contributed by atoms with E-state index in [0.717, 1.165) is 24.5 Å². The van der Waals surface area contributed by atoms with E-state index in [-0.39, 0.29) is 11.4 Å². The van der Waals surface area contributed by atoms with E-state index in [1.54, 1.807) is 0 Å². The second kappa shape index (κ2) is 5.73. The largest absolute Gasteiger partial charge is 0.377 e. The van der Waals surface area contributed by atoms with Gasteiger partial charge in [0, 0.05) is 18.6 Å². The summed E-state index contributed by atoms with van der Waals surface area (Å²) in [6.07, 6.45) is 0. The lowest BCUT2D eigenvalue weighted by Gasteiger charge is -2.41.